The van der Waals surface area contributed by atoms with Crippen LogP contribution in [0.4, 0.5) is 4.39 Å². The molecule has 0 N–H and O–H groups in total. The van der Waals surface area contributed by atoms with Crippen molar-refractivity contribution < 1.29 is 4.39 Å². The van der Waals surface area contributed by atoms with Crippen LogP contribution in [0.2, 0.25) is 23.2 Å². The third-order valence-corrected chi connectivity index (χ3v) is 10.1. The molecule has 1 radical (unpaired) electrons. The zero-order valence-corrected chi connectivity index (χ0v) is 17.5. The first-order chi connectivity index (χ1) is 12.2. The smallest absolute Gasteiger partial charge is 0.142 e. The Morgan fingerprint density at radius 2 is 1.68 bits per heavy atom. The van der Waals surface area contributed by atoms with Crippen molar-refractivity contribution in [2.45, 2.75) is 88.8 Å². The van der Waals surface area contributed by atoms with Crippen LogP contribution in [0.1, 0.15) is 76.2 Å². The first-order valence-electron chi connectivity index (χ1n) is 10.5. The van der Waals surface area contributed by atoms with E-state index in [4.69, 9.17) is 11.6 Å². The number of hydrogen-bond acceptors (Lipinski definition) is 0. The molecule has 0 atom stereocenters. The largest absolute Gasteiger partial charge is 0.205 e. The Kier molecular flexibility index (Phi) is 7.42. The van der Waals surface area contributed by atoms with Gasteiger partial charge in [-0.15, -0.1) is 0 Å². The van der Waals surface area contributed by atoms with Gasteiger partial charge in [0.1, 0.15) is 5.82 Å². The highest BCUT2D eigenvalue weighted by Crippen LogP contribution is 2.43. The highest BCUT2D eigenvalue weighted by molar-refractivity contribution is 6.58. The molecule has 0 aromatic heterocycles. The number of unbranched alkanes of at least 4 members (excludes halogenated alkanes) is 2. The molecule has 2 fully saturated rings. The van der Waals surface area contributed by atoms with Gasteiger partial charge in [0.15, 0.2) is 0 Å². The SMILES string of the molecule is CCCCC[Si]1CCC(C2CCC(c3ccc(Cl)c(F)c3)CC2)CC1. The standard InChI is InChI=1S/C22H33ClFSi/c1-2-3-4-13-25-14-11-19(12-15-25)17-5-7-18(8-6-17)20-9-10-21(23)22(24)16-20/h9-10,16-19H,2-8,11-15H2,1H3. The minimum Gasteiger partial charge on any atom is -0.205 e. The van der Waals surface area contributed by atoms with Crippen LogP contribution in [0.15, 0.2) is 18.2 Å². The highest BCUT2D eigenvalue weighted by Gasteiger charge is 2.31. The lowest BCUT2D eigenvalue weighted by atomic mass is 9.72. The minimum atomic E-state index is -0.258. The lowest BCUT2D eigenvalue weighted by Crippen LogP contribution is -2.28. The van der Waals surface area contributed by atoms with E-state index < -0.39 is 0 Å². The van der Waals surface area contributed by atoms with Gasteiger partial charge in [-0.1, -0.05) is 74.8 Å². The molecule has 1 aliphatic heterocycles. The molecule has 1 saturated carbocycles. The predicted octanol–water partition coefficient (Wildman–Crippen LogP) is 7.85. The Bertz CT molecular complexity index is 531. The second kappa shape index (κ2) is 9.55. The van der Waals surface area contributed by atoms with E-state index in [9.17, 15) is 4.39 Å². The van der Waals surface area contributed by atoms with Gasteiger partial charge < -0.3 is 0 Å². The monoisotopic (exact) mass is 379 g/mol. The van der Waals surface area contributed by atoms with E-state index in [-0.39, 0.29) is 19.6 Å². The van der Waals surface area contributed by atoms with Gasteiger partial charge >= 0.3 is 0 Å². The van der Waals surface area contributed by atoms with E-state index in [1.807, 2.05) is 6.07 Å². The Morgan fingerprint density at radius 3 is 2.32 bits per heavy atom. The lowest BCUT2D eigenvalue weighted by Gasteiger charge is -2.37. The number of halogens is 2. The molecule has 25 heavy (non-hydrogen) atoms. The molecule has 1 aliphatic carbocycles. The molecule has 3 rings (SSSR count). The van der Waals surface area contributed by atoms with Gasteiger partial charge in [0.25, 0.3) is 0 Å². The van der Waals surface area contributed by atoms with Gasteiger partial charge in [0, 0.05) is 8.80 Å². The van der Waals surface area contributed by atoms with Crippen LogP contribution in [0.3, 0.4) is 0 Å². The van der Waals surface area contributed by atoms with Crippen LogP contribution in [0.25, 0.3) is 0 Å². The van der Waals surface area contributed by atoms with Gasteiger partial charge in [0.2, 0.25) is 0 Å². The summed E-state index contributed by atoms with van der Waals surface area (Å²) < 4.78 is 13.7. The lowest BCUT2D eigenvalue weighted by molar-refractivity contribution is 0.216. The maximum Gasteiger partial charge on any atom is 0.142 e. The Hall–Kier alpha value is -0.343. The molecule has 0 nitrogen and oxygen atoms in total. The van der Waals surface area contributed by atoms with Crippen molar-refractivity contribution in [2.75, 3.05) is 0 Å². The van der Waals surface area contributed by atoms with Crippen molar-refractivity contribution >= 4 is 20.4 Å². The number of benzene rings is 1. The second-order valence-corrected chi connectivity index (χ2v) is 11.7. The molecule has 1 aromatic rings. The van der Waals surface area contributed by atoms with Crippen molar-refractivity contribution in [1.29, 1.82) is 0 Å². The van der Waals surface area contributed by atoms with Crippen molar-refractivity contribution in [3.05, 3.63) is 34.6 Å². The van der Waals surface area contributed by atoms with Gasteiger partial charge in [0.05, 0.1) is 5.02 Å². The van der Waals surface area contributed by atoms with Crippen LogP contribution in [0, 0.1) is 17.7 Å². The molecule has 0 bridgehead atoms. The summed E-state index contributed by atoms with van der Waals surface area (Å²) in [5, 5.41) is 0.246. The molecule has 2 aliphatic rings. The van der Waals surface area contributed by atoms with Crippen LogP contribution in [-0.4, -0.2) is 8.80 Å². The molecular formula is C22H33ClFSi. The van der Waals surface area contributed by atoms with Gasteiger partial charge in [-0.05, 0) is 61.1 Å². The average molecular weight is 380 g/mol. The van der Waals surface area contributed by atoms with Crippen molar-refractivity contribution in [3.63, 3.8) is 0 Å². The summed E-state index contributed by atoms with van der Waals surface area (Å²) in [7, 11) is -0.00686. The van der Waals surface area contributed by atoms with Crippen LogP contribution < -0.4 is 0 Å². The third-order valence-electron chi connectivity index (χ3n) is 6.72. The Morgan fingerprint density at radius 1 is 1.00 bits per heavy atom. The fourth-order valence-electron chi connectivity index (χ4n) is 5.09. The Labute approximate surface area is 160 Å². The fourth-order valence-corrected chi connectivity index (χ4v) is 8.26. The van der Waals surface area contributed by atoms with Crippen LogP contribution in [0.5, 0.6) is 0 Å². The van der Waals surface area contributed by atoms with Gasteiger partial charge in [-0.2, -0.15) is 0 Å². The topological polar surface area (TPSA) is 0 Å². The zero-order valence-electron chi connectivity index (χ0n) is 15.7. The highest BCUT2D eigenvalue weighted by atomic mass is 35.5. The van der Waals surface area contributed by atoms with E-state index in [2.05, 4.69) is 6.92 Å². The molecule has 0 amide bonds. The normalized spacial score (nSPS) is 26.0. The van der Waals surface area contributed by atoms with E-state index in [1.165, 1.54) is 57.8 Å². The molecule has 0 unspecified atom stereocenters. The van der Waals surface area contributed by atoms with E-state index in [0.29, 0.717) is 5.92 Å². The summed E-state index contributed by atoms with van der Waals surface area (Å²) in [6.07, 6.45) is 12.4. The summed E-state index contributed by atoms with van der Waals surface area (Å²) >= 11 is 5.82. The summed E-state index contributed by atoms with van der Waals surface area (Å²) in [6.45, 7) is 2.31. The van der Waals surface area contributed by atoms with Crippen LogP contribution in [-0.2, 0) is 0 Å². The van der Waals surface area contributed by atoms with Gasteiger partial charge in [-0.25, -0.2) is 4.39 Å². The zero-order chi connectivity index (χ0) is 17.6. The van der Waals surface area contributed by atoms with Gasteiger partial charge in [-0.3, -0.25) is 0 Å². The first kappa shape index (κ1) is 19.4. The molecule has 0 spiro atoms. The number of rotatable bonds is 6. The maximum atomic E-state index is 13.7. The van der Waals surface area contributed by atoms with Crippen LogP contribution >= 0.6 is 11.6 Å². The van der Waals surface area contributed by atoms with Crippen molar-refractivity contribution in [3.8, 4) is 0 Å². The molecule has 139 valence electrons. The Balaban J connectivity index is 1.43. The summed E-state index contributed by atoms with van der Waals surface area (Å²) in [6, 6.07) is 10.1. The summed E-state index contributed by atoms with van der Waals surface area (Å²) in [4.78, 5) is 0. The molecular weight excluding hydrogens is 347 g/mol. The first-order valence-corrected chi connectivity index (χ1v) is 13.0. The maximum absolute atomic E-state index is 13.7. The van der Waals surface area contributed by atoms with E-state index in [0.717, 1.165) is 17.4 Å². The third kappa shape index (κ3) is 5.32. The molecule has 1 aromatic carbocycles. The fraction of sp³-hybridized carbons (Fsp3) is 0.727. The van der Waals surface area contributed by atoms with Crippen molar-refractivity contribution in [1.82, 2.24) is 0 Å². The molecule has 1 saturated heterocycles. The predicted molar refractivity (Wildman–Crippen MR) is 109 cm³/mol. The molecule has 1 heterocycles. The minimum absolute atomic E-state index is 0.00686. The summed E-state index contributed by atoms with van der Waals surface area (Å²) in [5.41, 5.74) is 1.16. The van der Waals surface area contributed by atoms with Crippen molar-refractivity contribution in [2.24, 2.45) is 11.8 Å². The molecule has 3 heteroatoms. The second-order valence-electron chi connectivity index (χ2n) is 8.33. The quantitative estimate of drug-likeness (QED) is 0.348. The van der Waals surface area contributed by atoms with E-state index >= 15 is 0 Å². The number of hydrogen-bond donors (Lipinski definition) is 0. The summed E-state index contributed by atoms with van der Waals surface area (Å²) in [5.74, 6) is 2.21. The average Bonchev–Trinajstić information content (AvgIpc) is 2.65. The van der Waals surface area contributed by atoms with E-state index in [1.54, 1.807) is 30.3 Å².